The zero-order chi connectivity index (χ0) is 35.9. The summed E-state index contributed by atoms with van der Waals surface area (Å²) in [6.45, 7) is 7.37. The van der Waals surface area contributed by atoms with Gasteiger partial charge in [0.2, 0.25) is 17.7 Å². The van der Waals surface area contributed by atoms with Crippen LogP contribution in [0, 0.1) is 13.8 Å². The van der Waals surface area contributed by atoms with Crippen molar-refractivity contribution in [2.24, 2.45) is 17.2 Å². The van der Waals surface area contributed by atoms with Gasteiger partial charge in [0.1, 0.15) is 17.8 Å². The van der Waals surface area contributed by atoms with Crippen molar-refractivity contribution < 1.29 is 29.0 Å². The molecular weight excluding hydrogens is 622 g/mol. The number of carbonyl (C=O) groups is 4. The highest BCUT2D eigenvalue weighted by Crippen LogP contribution is 2.29. The summed E-state index contributed by atoms with van der Waals surface area (Å²) >= 11 is 0. The summed E-state index contributed by atoms with van der Waals surface area (Å²) in [6, 6.07) is 16.4. The third-order valence-electron chi connectivity index (χ3n) is 8.29. The van der Waals surface area contributed by atoms with Crippen LogP contribution in [-0.4, -0.2) is 60.1 Å². The first-order chi connectivity index (χ1) is 23.4. The smallest absolute Gasteiger partial charge is 0.305 e. The second-order valence-electron chi connectivity index (χ2n) is 12.5. The number of carboxylic acids is 1. The fraction of sp³-hybridized carbons (Fsp3) is 0.421. The lowest BCUT2D eigenvalue weighted by Crippen LogP contribution is -2.56. The summed E-state index contributed by atoms with van der Waals surface area (Å²) in [5.74, 6) is -2.54. The van der Waals surface area contributed by atoms with Gasteiger partial charge in [-0.15, -0.1) is 0 Å². The average molecular weight is 674 g/mol. The molecule has 264 valence electrons. The molecule has 0 spiro atoms. The molecule has 9 N–H and O–H groups in total. The number of carboxylic acid groups (broad SMARTS) is 1. The van der Waals surface area contributed by atoms with Crippen LogP contribution in [0.4, 0.5) is 0 Å². The normalized spacial score (nSPS) is 12.8. The van der Waals surface area contributed by atoms with E-state index in [1.165, 1.54) is 0 Å². The molecule has 3 rings (SSSR count). The second-order valence-corrected chi connectivity index (χ2v) is 12.5. The predicted molar refractivity (Wildman–Crippen MR) is 191 cm³/mol. The van der Waals surface area contributed by atoms with Crippen LogP contribution in [0.3, 0.4) is 0 Å². The van der Waals surface area contributed by atoms with E-state index >= 15 is 0 Å². The fourth-order valence-electron chi connectivity index (χ4n) is 5.78. The van der Waals surface area contributed by atoms with Crippen molar-refractivity contribution in [2.75, 3.05) is 13.2 Å². The molecule has 0 heterocycles. The highest BCUT2D eigenvalue weighted by Gasteiger charge is 2.28. The molecule has 0 saturated carbocycles. The minimum Gasteiger partial charge on any atom is -0.494 e. The lowest BCUT2D eigenvalue weighted by atomic mass is 9.95. The largest absolute Gasteiger partial charge is 0.494 e. The summed E-state index contributed by atoms with van der Waals surface area (Å²) in [7, 11) is 0. The number of unbranched alkanes of at least 4 members (excludes halogenated alkanes) is 1. The SMILES string of the molecule is CCc1cc(OCCCCN)ccc1-c1ccc(C[C@H](NC(=O)[C@@H](N)CC(=O)O)C(=O)N[C@@H](CCCc2cc(C)cc(C)c2)C(N)=O)cc1. The minimum atomic E-state index is -1.36. The monoisotopic (exact) mass is 673 g/mol. The maximum Gasteiger partial charge on any atom is 0.305 e. The third kappa shape index (κ3) is 12.7. The van der Waals surface area contributed by atoms with Gasteiger partial charge in [0.05, 0.1) is 19.1 Å². The molecule has 49 heavy (non-hydrogen) atoms. The summed E-state index contributed by atoms with van der Waals surface area (Å²) in [6.07, 6.45) is 3.67. The highest BCUT2D eigenvalue weighted by atomic mass is 16.5. The van der Waals surface area contributed by atoms with Crippen molar-refractivity contribution in [3.05, 3.63) is 88.5 Å². The van der Waals surface area contributed by atoms with Crippen molar-refractivity contribution in [3.63, 3.8) is 0 Å². The summed E-state index contributed by atoms with van der Waals surface area (Å²) in [5, 5.41) is 14.4. The Labute approximate surface area is 289 Å². The first-order valence-corrected chi connectivity index (χ1v) is 16.9. The Morgan fingerprint density at radius 3 is 2.12 bits per heavy atom. The van der Waals surface area contributed by atoms with Gasteiger partial charge < -0.3 is 37.7 Å². The summed E-state index contributed by atoms with van der Waals surface area (Å²) < 4.78 is 5.89. The van der Waals surface area contributed by atoms with Crippen LogP contribution in [0.25, 0.3) is 11.1 Å². The quantitative estimate of drug-likeness (QED) is 0.0979. The first kappa shape index (κ1) is 38.7. The van der Waals surface area contributed by atoms with Gasteiger partial charge in [-0.1, -0.05) is 66.6 Å². The minimum absolute atomic E-state index is 0.0713. The molecule has 3 aromatic rings. The number of hydrogen-bond acceptors (Lipinski definition) is 7. The van der Waals surface area contributed by atoms with Gasteiger partial charge in [-0.05, 0) is 98.9 Å². The molecule has 0 fully saturated rings. The van der Waals surface area contributed by atoms with Gasteiger partial charge in [0.25, 0.3) is 0 Å². The van der Waals surface area contributed by atoms with Crippen LogP contribution in [0.2, 0.25) is 0 Å². The van der Waals surface area contributed by atoms with E-state index < -0.39 is 48.2 Å². The summed E-state index contributed by atoms with van der Waals surface area (Å²) in [4.78, 5) is 49.9. The number of aliphatic carboxylic acids is 1. The molecule has 3 atom stereocenters. The Bertz CT molecular complexity index is 1560. The molecule has 0 aliphatic heterocycles. The number of rotatable bonds is 20. The number of primary amides is 1. The number of ether oxygens (including phenoxy) is 1. The maximum atomic E-state index is 13.6. The molecule has 11 heteroatoms. The number of aryl methyl sites for hydroxylation is 4. The molecule has 11 nitrogen and oxygen atoms in total. The van der Waals surface area contributed by atoms with Crippen LogP contribution < -0.4 is 32.6 Å². The average Bonchev–Trinajstić information content (AvgIpc) is 3.05. The van der Waals surface area contributed by atoms with E-state index in [9.17, 15) is 19.2 Å². The maximum absolute atomic E-state index is 13.6. The number of nitrogens with two attached hydrogens (primary N) is 3. The first-order valence-electron chi connectivity index (χ1n) is 16.9. The zero-order valence-electron chi connectivity index (χ0n) is 28.8. The van der Waals surface area contributed by atoms with E-state index in [1.807, 2.05) is 56.3 Å². The van der Waals surface area contributed by atoms with Gasteiger partial charge in [0, 0.05) is 6.42 Å². The van der Waals surface area contributed by atoms with Crippen LogP contribution in [0.5, 0.6) is 5.75 Å². The second kappa shape index (κ2) is 19.3. The van der Waals surface area contributed by atoms with Crippen molar-refractivity contribution in [3.8, 4) is 16.9 Å². The van der Waals surface area contributed by atoms with E-state index in [0.29, 0.717) is 32.4 Å². The van der Waals surface area contributed by atoms with Crippen LogP contribution in [-0.2, 0) is 38.4 Å². The van der Waals surface area contributed by atoms with Crippen molar-refractivity contribution >= 4 is 23.7 Å². The molecule has 0 unspecified atom stereocenters. The van der Waals surface area contributed by atoms with Gasteiger partial charge in [-0.3, -0.25) is 19.2 Å². The highest BCUT2D eigenvalue weighted by molar-refractivity contribution is 5.93. The number of carbonyl (C=O) groups excluding carboxylic acids is 3. The van der Waals surface area contributed by atoms with Crippen molar-refractivity contribution in [2.45, 2.75) is 90.3 Å². The molecule has 0 radical (unpaired) electrons. The van der Waals surface area contributed by atoms with Crippen molar-refractivity contribution in [1.29, 1.82) is 0 Å². The molecule has 3 amide bonds. The van der Waals surface area contributed by atoms with E-state index in [4.69, 9.17) is 27.0 Å². The van der Waals surface area contributed by atoms with Gasteiger partial charge in [0.15, 0.2) is 0 Å². The molecular formula is C38H51N5O6. The van der Waals surface area contributed by atoms with Crippen LogP contribution in [0.1, 0.15) is 66.8 Å². The van der Waals surface area contributed by atoms with E-state index in [1.54, 1.807) is 0 Å². The predicted octanol–water partition coefficient (Wildman–Crippen LogP) is 3.47. The molecule has 0 aromatic heterocycles. The molecule has 0 aliphatic rings. The Hall–Kier alpha value is -4.74. The number of nitrogens with one attached hydrogen (secondary N) is 2. The molecule has 0 saturated heterocycles. The third-order valence-corrected chi connectivity index (χ3v) is 8.29. The Morgan fingerprint density at radius 1 is 0.837 bits per heavy atom. The van der Waals surface area contributed by atoms with Gasteiger partial charge in [-0.2, -0.15) is 0 Å². The zero-order valence-corrected chi connectivity index (χ0v) is 28.8. The molecule has 3 aromatic carbocycles. The topological polar surface area (TPSA) is 200 Å². The van der Waals surface area contributed by atoms with Crippen LogP contribution in [0.15, 0.2) is 60.7 Å². The standard InChI is InChI=1S/C38H51N5O6/c1-4-28-22-30(49-17-6-5-16-39)14-15-31(28)29-12-10-26(11-13-29)21-34(43-37(47)32(40)23-35(44)45)38(48)42-33(36(41)46)9-7-8-27-19-24(2)18-25(3)20-27/h10-15,18-20,22,32-34H,4-9,16-17,21,23,39-40H2,1-3H3,(H2,41,46)(H,42,48)(H,43,47)(H,44,45)/t32-,33-,34-/m0/s1. The van der Waals surface area contributed by atoms with Gasteiger partial charge >= 0.3 is 5.97 Å². The lowest BCUT2D eigenvalue weighted by Gasteiger charge is -2.23. The fourth-order valence-corrected chi connectivity index (χ4v) is 5.78. The lowest BCUT2D eigenvalue weighted by molar-refractivity contribution is -0.139. The van der Waals surface area contributed by atoms with Crippen molar-refractivity contribution in [1.82, 2.24) is 10.6 Å². The number of hydrogen-bond donors (Lipinski definition) is 6. The summed E-state index contributed by atoms with van der Waals surface area (Å²) in [5.41, 5.74) is 24.3. The Morgan fingerprint density at radius 2 is 1.51 bits per heavy atom. The Balaban J connectivity index is 1.75. The van der Waals surface area contributed by atoms with E-state index in [2.05, 4.69) is 35.8 Å². The van der Waals surface area contributed by atoms with E-state index in [0.717, 1.165) is 64.0 Å². The molecule has 0 aliphatic carbocycles. The van der Waals surface area contributed by atoms with E-state index in [-0.39, 0.29) is 6.42 Å². The number of benzene rings is 3. The molecule has 0 bridgehead atoms. The van der Waals surface area contributed by atoms with Gasteiger partial charge in [-0.25, -0.2) is 0 Å². The Kier molecular flexibility index (Phi) is 15.2. The van der Waals surface area contributed by atoms with Crippen LogP contribution >= 0.6 is 0 Å². The number of amides is 3.